The quantitative estimate of drug-likeness (QED) is 0.766. The summed E-state index contributed by atoms with van der Waals surface area (Å²) in [6.07, 6.45) is 2.25. The first kappa shape index (κ1) is 18.6. The van der Waals surface area contributed by atoms with Crippen LogP contribution >= 0.6 is 12.4 Å². The maximum atomic E-state index is 12.1. The average molecular weight is 329 g/mol. The average Bonchev–Trinajstić information content (AvgIpc) is 3.31. The molecule has 124 valence electrons. The first-order chi connectivity index (χ1) is 10.1. The van der Waals surface area contributed by atoms with Gasteiger partial charge in [0, 0.05) is 6.54 Å². The third kappa shape index (κ3) is 4.78. The zero-order chi connectivity index (χ0) is 15.3. The van der Waals surface area contributed by atoms with E-state index in [2.05, 4.69) is 5.32 Å². The van der Waals surface area contributed by atoms with Gasteiger partial charge >= 0.3 is 0 Å². The van der Waals surface area contributed by atoms with Gasteiger partial charge in [-0.25, -0.2) is 0 Å². The molecule has 0 bridgehead atoms. The molecule has 5 nitrogen and oxygen atoms in total. The highest BCUT2D eigenvalue weighted by molar-refractivity contribution is 5.85. The van der Waals surface area contributed by atoms with E-state index in [4.69, 9.17) is 15.2 Å². The molecule has 6 heteroatoms. The molecule has 1 saturated carbocycles. The monoisotopic (exact) mass is 328 g/mol. The summed E-state index contributed by atoms with van der Waals surface area (Å²) in [6.45, 7) is 4.87. The molecular formula is C16H25ClN2O3. The number of carbonyl (C=O) groups excluding carboxylic acids is 1. The molecular weight excluding hydrogens is 304 g/mol. The van der Waals surface area contributed by atoms with E-state index in [1.165, 1.54) is 0 Å². The van der Waals surface area contributed by atoms with E-state index in [-0.39, 0.29) is 30.5 Å². The molecule has 1 amide bonds. The Kier molecular flexibility index (Phi) is 6.97. The maximum absolute atomic E-state index is 12.1. The van der Waals surface area contributed by atoms with Gasteiger partial charge in [0.15, 0.2) is 18.1 Å². The molecule has 22 heavy (non-hydrogen) atoms. The Labute approximate surface area is 138 Å². The highest BCUT2D eigenvalue weighted by Crippen LogP contribution is 2.38. The Morgan fingerprint density at radius 2 is 1.91 bits per heavy atom. The van der Waals surface area contributed by atoms with E-state index in [0.29, 0.717) is 30.6 Å². The van der Waals surface area contributed by atoms with E-state index in [1.54, 1.807) is 6.07 Å². The maximum Gasteiger partial charge on any atom is 0.258 e. The van der Waals surface area contributed by atoms with E-state index >= 15 is 0 Å². The Morgan fingerprint density at radius 3 is 2.41 bits per heavy atom. The van der Waals surface area contributed by atoms with Gasteiger partial charge in [-0.15, -0.1) is 12.4 Å². The Hall–Kier alpha value is -1.46. The minimum Gasteiger partial charge on any atom is -0.490 e. The SMILES string of the molecule is CCOc1ccccc1OCC(=O)NC(C)(CN)C1CC1.Cl. The van der Waals surface area contributed by atoms with E-state index in [1.807, 2.05) is 32.0 Å². The van der Waals surface area contributed by atoms with Crippen LogP contribution in [0.5, 0.6) is 11.5 Å². The third-order valence-electron chi connectivity index (χ3n) is 3.84. The van der Waals surface area contributed by atoms with E-state index in [9.17, 15) is 4.79 Å². The van der Waals surface area contributed by atoms with E-state index in [0.717, 1.165) is 12.8 Å². The van der Waals surface area contributed by atoms with Crippen molar-refractivity contribution in [3.63, 3.8) is 0 Å². The fraction of sp³-hybridized carbons (Fsp3) is 0.562. The predicted molar refractivity (Wildman–Crippen MR) is 88.7 cm³/mol. The third-order valence-corrected chi connectivity index (χ3v) is 3.84. The number of hydrogen-bond donors (Lipinski definition) is 2. The topological polar surface area (TPSA) is 73.6 Å². The Balaban J connectivity index is 0.00000242. The summed E-state index contributed by atoms with van der Waals surface area (Å²) in [5, 5.41) is 3.00. The number of nitrogens with one attached hydrogen (secondary N) is 1. The number of rotatable bonds is 8. The number of benzene rings is 1. The summed E-state index contributed by atoms with van der Waals surface area (Å²) in [5.41, 5.74) is 5.47. The van der Waals surface area contributed by atoms with Crippen LogP contribution in [0, 0.1) is 5.92 Å². The van der Waals surface area contributed by atoms with Crippen molar-refractivity contribution in [3.8, 4) is 11.5 Å². The number of carbonyl (C=O) groups is 1. The number of para-hydroxylation sites is 2. The fourth-order valence-electron chi connectivity index (χ4n) is 2.38. The highest BCUT2D eigenvalue weighted by atomic mass is 35.5. The normalized spacial score (nSPS) is 16.1. The number of hydrogen-bond acceptors (Lipinski definition) is 4. The number of halogens is 1. The predicted octanol–water partition coefficient (Wildman–Crippen LogP) is 2.13. The van der Waals surface area contributed by atoms with Crippen LogP contribution in [-0.2, 0) is 4.79 Å². The second-order valence-corrected chi connectivity index (χ2v) is 5.61. The van der Waals surface area contributed by atoms with Crippen LogP contribution in [0.25, 0.3) is 0 Å². The molecule has 1 unspecified atom stereocenters. The molecule has 0 spiro atoms. The van der Waals surface area contributed by atoms with Gasteiger partial charge in [-0.1, -0.05) is 12.1 Å². The standard InChI is InChI=1S/C16H24N2O3.ClH/c1-3-20-13-6-4-5-7-14(13)21-10-15(19)18-16(2,11-17)12-8-9-12;/h4-7,12H,3,8-11,17H2,1-2H3,(H,18,19);1H. The van der Waals surface area contributed by atoms with Crippen LogP contribution in [0.3, 0.4) is 0 Å². The number of nitrogens with two attached hydrogens (primary N) is 1. The van der Waals surface area contributed by atoms with Crippen LogP contribution in [-0.4, -0.2) is 31.2 Å². The molecule has 1 atom stereocenters. The summed E-state index contributed by atoms with van der Waals surface area (Å²) >= 11 is 0. The van der Waals surface area contributed by atoms with Crippen molar-refractivity contribution in [2.45, 2.75) is 32.2 Å². The molecule has 0 aliphatic heterocycles. The van der Waals surface area contributed by atoms with Gasteiger partial charge in [-0.05, 0) is 44.7 Å². The van der Waals surface area contributed by atoms with Crippen molar-refractivity contribution in [3.05, 3.63) is 24.3 Å². The molecule has 1 aliphatic rings. The van der Waals surface area contributed by atoms with Crippen molar-refractivity contribution in [2.24, 2.45) is 11.7 Å². The smallest absolute Gasteiger partial charge is 0.258 e. The van der Waals surface area contributed by atoms with Crippen LogP contribution < -0.4 is 20.5 Å². The molecule has 1 aromatic carbocycles. The lowest BCUT2D eigenvalue weighted by atomic mass is 9.96. The second kappa shape index (κ2) is 8.25. The van der Waals surface area contributed by atoms with Crippen molar-refractivity contribution >= 4 is 18.3 Å². The van der Waals surface area contributed by atoms with Crippen molar-refractivity contribution in [2.75, 3.05) is 19.8 Å². The zero-order valence-electron chi connectivity index (χ0n) is 13.1. The first-order valence-electron chi connectivity index (χ1n) is 7.44. The lowest BCUT2D eigenvalue weighted by Crippen LogP contribution is -2.54. The largest absolute Gasteiger partial charge is 0.490 e. The van der Waals surface area contributed by atoms with Gasteiger partial charge in [0.05, 0.1) is 12.1 Å². The molecule has 1 aliphatic carbocycles. The summed E-state index contributed by atoms with van der Waals surface area (Å²) in [5.74, 6) is 1.57. The molecule has 0 saturated heterocycles. The second-order valence-electron chi connectivity index (χ2n) is 5.61. The first-order valence-corrected chi connectivity index (χ1v) is 7.44. The van der Waals surface area contributed by atoms with Gasteiger partial charge in [0.25, 0.3) is 5.91 Å². The van der Waals surface area contributed by atoms with Crippen molar-refractivity contribution < 1.29 is 14.3 Å². The molecule has 1 aromatic rings. The molecule has 0 aromatic heterocycles. The minimum atomic E-state index is -0.320. The summed E-state index contributed by atoms with van der Waals surface area (Å²) in [6, 6.07) is 7.34. The molecule has 2 rings (SSSR count). The van der Waals surface area contributed by atoms with Crippen LogP contribution in [0.1, 0.15) is 26.7 Å². The molecule has 0 heterocycles. The summed E-state index contributed by atoms with van der Waals surface area (Å²) in [7, 11) is 0. The molecule has 1 fully saturated rings. The van der Waals surface area contributed by atoms with Gasteiger partial charge in [-0.2, -0.15) is 0 Å². The van der Waals surface area contributed by atoms with E-state index < -0.39 is 0 Å². The number of amides is 1. The summed E-state index contributed by atoms with van der Waals surface area (Å²) < 4.78 is 11.0. The Morgan fingerprint density at radius 1 is 1.32 bits per heavy atom. The molecule has 3 N–H and O–H groups in total. The lowest BCUT2D eigenvalue weighted by molar-refractivity contribution is -0.125. The summed E-state index contributed by atoms with van der Waals surface area (Å²) in [4.78, 5) is 12.1. The van der Waals surface area contributed by atoms with Crippen LogP contribution in [0.4, 0.5) is 0 Å². The van der Waals surface area contributed by atoms with Gasteiger partial charge in [-0.3, -0.25) is 4.79 Å². The fourth-order valence-corrected chi connectivity index (χ4v) is 2.38. The van der Waals surface area contributed by atoms with Crippen molar-refractivity contribution in [1.29, 1.82) is 0 Å². The van der Waals surface area contributed by atoms with Crippen LogP contribution in [0.15, 0.2) is 24.3 Å². The zero-order valence-corrected chi connectivity index (χ0v) is 13.9. The van der Waals surface area contributed by atoms with Gasteiger partial charge in [0.1, 0.15) is 0 Å². The van der Waals surface area contributed by atoms with Gasteiger partial charge < -0.3 is 20.5 Å². The highest BCUT2D eigenvalue weighted by Gasteiger charge is 2.41. The number of ether oxygens (including phenoxy) is 2. The molecule has 0 radical (unpaired) electrons. The van der Waals surface area contributed by atoms with Crippen molar-refractivity contribution in [1.82, 2.24) is 5.32 Å². The van der Waals surface area contributed by atoms with Gasteiger partial charge in [0.2, 0.25) is 0 Å². The minimum absolute atomic E-state index is 0. The van der Waals surface area contributed by atoms with Crippen LogP contribution in [0.2, 0.25) is 0 Å². The Bertz CT molecular complexity index is 494. The lowest BCUT2D eigenvalue weighted by Gasteiger charge is -2.29.